The van der Waals surface area contributed by atoms with Crippen LogP contribution in [-0.2, 0) is 4.79 Å². The average Bonchev–Trinajstić information content (AvgIpc) is 2.43. The highest BCUT2D eigenvalue weighted by Gasteiger charge is 2.16. The van der Waals surface area contributed by atoms with Crippen molar-refractivity contribution in [1.82, 2.24) is 4.98 Å². The van der Waals surface area contributed by atoms with Crippen LogP contribution in [0.25, 0.3) is 10.9 Å². The zero-order chi connectivity index (χ0) is 13.7. The maximum absolute atomic E-state index is 11.2. The Morgan fingerprint density at radius 3 is 2.84 bits per heavy atom. The normalized spacial score (nSPS) is 12.3. The standard InChI is InChI=1S/C15H18N2O2/c1-2-3-7-13(15(18)19)17-14-10-9-11-6-4-5-8-12(11)16-14/h4-6,8-10,13H,2-3,7H2,1H3,(H,16,17)(H,18,19)/t13-/m0/s1. The molecule has 1 heterocycles. The molecule has 0 bridgehead atoms. The SMILES string of the molecule is CCCC[C@H](Nc1ccc2ccccc2n1)C(=O)O. The Bertz CT molecular complexity index is 569. The van der Waals surface area contributed by atoms with E-state index in [4.69, 9.17) is 0 Å². The molecule has 2 rings (SSSR count). The molecule has 4 heteroatoms. The van der Waals surface area contributed by atoms with E-state index in [9.17, 15) is 9.90 Å². The van der Waals surface area contributed by atoms with Gasteiger partial charge in [-0.1, -0.05) is 38.0 Å². The fourth-order valence-electron chi connectivity index (χ4n) is 1.99. The Kier molecular flexibility index (Phi) is 4.34. The second kappa shape index (κ2) is 6.18. The van der Waals surface area contributed by atoms with Crippen LogP contribution >= 0.6 is 0 Å². The average molecular weight is 258 g/mol. The number of pyridine rings is 1. The van der Waals surface area contributed by atoms with Gasteiger partial charge in [-0.3, -0.25) is 0 Å². The molecule has 4 nitrogen and oxygen atoms in total. The van der Waals surface area contributed by atoms with Gasteiger partial charge in [-0.25, -0.2) is 9.78 Å². The molecule has 2 aromatic rings. The van der Waals surface area contributed by atoms with Crippen LogP contribution in [0.5, 0.6) is 0 Å². The molecule has 0 aliphatic rings. The predicted molar refractivity (Wildman–Crippen MR) is 76.3 cm³/mol. The van der Waals surface area contributed by atoms with Crippen molar-refractivity contribution in [2.24, 2.45) is 0 Å². The first-order valence-corrected chi connectivity index (χ1v) is 6.56. The summed E-state index contributed by atoms with van der Waals surface area (Å²) in [6.45, 7) is 2.05. The number of hydrogen-bond acceptors (Lipinski definition) is 3. The van der Waals surface area contributed by atoms with E-state index < -0.39 is 12.0 Å². The Morgan fingerprint density at radius 1 is 1.32 bits per heavy atom. The minimum absolute atomic E-state index is 0.575. The Hall–Kier alpha value is -2.10. The highest BCUT2D eigenvalue weighted by molar-refractivity contribution is 5.81. The first-order chi connectivity index (χ1) is 9.20. The van der Waals surface area contributed by atoms with E-state index in [1.807, 2.05) is 43.3 Å². The largest absolute Gasteiger partial charge is 0.480 e. The number of carboxylic acids is 1. The van der Waals surface area contributed by atoms with E-state index in [0.29, 0.717) is 12.2 Å². The highest BCUT2D eigenvalue weighted by Crippen LogP contribution is 2.16. The fourth-order valence-corrected chi connectivity index (χ4v) is 1.99. The lowest BCUT2D eigenvalue weighted by Crippen LogP contribution is -2.29. The minimum atomic E-state index is -0.830. The van der Waals surface area contributed by atoms with Gasteiger partial charge in [-0.15, -0.1) is 0 Å². The van der Waals surface area contributed by atoms with Gasteiger partial charge >= 0.3 is 5.97 Å². The lowest BCUT2D eigenvalue weighted by atomic mass is 10.1. The molecule has 0 saturated carbocycles. The first kappa shape index (κ1) is 13.3. The molecule has 0 amide bonds. The van der Waals surface area contributed by atoms with E-state index in [-0.39, 0.29) is 0 Å². The maximum atomic E-state index is 11.2. The third kappa shape index (κ3) is 3.44. The molecule has 2 N–H and O–H groups in total. The van der Waals surface area contributed by atoms with E-state index in [2.05, 4.69) is 10.3 Å². The van der Waals surface area contributed by atoms with E-state index >= 15 is 0 Å². The third-order valence-corrected chi connectivity index (χ3v) is 3.06. The number of hydrogen-bond donors (Lipinski definition) is 2. The summed E-state index contributed by atoms with van der Waals surface area (Å²) in [5.41, 5.74) is 0.868. The molecule has 0 saturated heterocycles. The molecule has 0 aliphatic heterocycles. The number of nitrogens with zero attached hydrogens (tertiary/aromatic N) is 1. The number of para-hydroxylation sites is 1. The molecule has 0 radical (unpaired) electrons. The summed E-state index contributed by atoms with van der Waals surface area (Å²) < 4.78 is 0. The number of unbranched alkanes of at least 4 members (excludes halogenated alkanes) is 1. The van der Waals surface area contributed by atoms with Crippen LogP contribution in [0.1, 0.15) is 26.2 Å². The van der Waals surface area contributed by atoms with Gasteiger partial charge in [0.05, 0.1) is 5.52 Å². The maximum Gasteiger partial charge on any atom is 0.326 e. The number of aliphatic carboxylic acids is 1. The summed E-state index contributed by atoms with van der Waals surface area (Å²) in [4.78, 5) is 15.6. The monoisotopic (exact) mass is 258 g/mol. The van der Waals surface area contributed by atoms with Crippen LogP contribution in [0, 0.1) is 0 Å². The number of carboxylic acid groups (broad SMARTS) is 1. The topological polar surface area (TPSA) is 62.2 Å². The molecular formula is C15H18N2O2. The molecule has 0 spiro atoms. The quantitative estimate of drug-likeness (QED) is 0.834. The summed E-state index contributed by atoms with van der Waals surface area (Å²) in [6.07, 6.45) is 2.48. The van der Waals surface area contributed by atoms with Crippen molar-refractivity contribution >= 4 is 22.7 Å². The molecule has 19 heavy (non-hydrogen) atoms. The van der Waals surface area contributed by atoms with Crippen molar-refractivity contribution in [2.45, 2.75) is 32.2 Å². The van der Waals surface area contributed by atoms with Crippen molar-refractivity contribution in [3.05, 3.63) is 36.4 Å². The van der Waals surface area contributed by atoms with Crippen LogP contribution in [0.4, 0.5) is 5.82 Å². The summed E-state index contributed by atoms with van der Waals surface area (Å²) in [6, 6.07) is 11.0. The van der Waals surface area contributed by atoms with Crippen LogP contribution in [0.2, 0.25) is 0 Å². The second-order valence-electron chi connectivity index (χ2n) is 4.57. The summed E-state index contributed by atoms with van der Waals surface area (Å²) in [5.74, 6) is -0.217. The minimum Gasteiger partial charge on any atom is -0.480 e. The number of nitrogens with one attached hydrogen (secondary N) is 1. The molecule has 1 atom stereocenters. The van der Waals surface area contributed by atoms with Gasteiger partial charge in [0.25, 0.3) is 0 Å². The predicted octanol–water partition coefficient (Wildman–Crippen LogP) is 3.29. The third-order valence-electron chi connectivity index (χ3n) is 3.06. The van der Waals surface area contributed by atoms with E-state index in [0.717, 1.165) is 23.7 Å². The highest BCUT2D eigenvalue weighted by atomic mass is 16.4. The van der Waals surface area contributed by atoms with Gasteiger partial charge in [0.2, 0.25) is 0 Å². The van der Waals surface area contributed by atoms with Crippen LogP contribution in [0.3, 0.4) is 0 Å². The number of anilines is 1. The number of aromatic nitrogens is 1. The van der Waals surface area contributed by atoms with Crippen molar-refractivity contribution < 1.29 is 9.90 Å². The van der Waals surface area contributed by atoms with Gasteiger partial charge in [0.15, 0.2) is 0 Å². The van der Waals surface area contributed by atoms with Gasteiger partial charge < -0.3 is 10.4 Å². The second-order valence-corrected chi connectivity index (χ2v) is 4.57. The molecule has 0 fully saturated rings. The van der Waals surface area contributed by atoms with Crippen LogP contribution < -0.4 is 5.32 Å². The molecular weight excluding hydrogens is 240 g/mol. The Morgan fingerprint density at radius 2 is 2.11 bits per heavy atom. The Balaban J connectivity index is 2.16. The number of benzene rings is 1. The smallest absolute Gasteiger partial charge is 0.326 e. The van der Waals surface area contributed by atoms with Crippen LogP contribution in [0.15, 0.2) is 36.4 Å². The van der Waals surface area contributed by atoms with Gasteiger partial charge in [0.1, 0.15) is 11.9 Å². The summed E-state index contributed by atoms with van der Waals surface area (Å²) in [7, 11) is 0. The van der Waals surface area contributed by atoms with Gasteiger partial charge in [0, 0.05) is 5.39 Å². The molecule has 0 unspecified atom stereocenters. The molecule has 1 aromatic carbocycles. The molecule has 0 aliphatic carbocycles. The van der Waals surface area contributed by atoms with Gasteiger partial charge in [-0.2, -0.15) is 0 Å². The van der Waals surface area contributed by atoms with Gasteiger partial charge in [-0.05, 0) is 24.6 Å². The molecule has 1 aromatic heterocycles. The number of carbonyl (C=O) groups is 1. The summed E-state index contributed by atoms with van der Waals surface area (Å²) >= 11 is 0. The first-order valence-electron chi connectivity index (χ1n) is 6.56. The fraction of sp³-hybridized carbons (Fsp3) is 0.333. The number of rotatable bonds is 6. The number of fused-ring (bicyclic) bond motifs is 1. The van der Waals surface area contributed by atoms with Crippen molar-refractivity contribution in [2.75, 3.05) is 5.32 Å². The lowest BCUT2D eigenvalue weighted by Gasteiger charge is -2.14. The summed E-state index contributed by atoms with van der Waals surface area (Å²) in [5, 5.41) is 13.2. The van der Waals surface area contributed by atoms with Crippen molar-refractivity contribution in [3.8, 4) is 0 Å². The lowest BCUT2D eigenvalue weighted by molar-refractivity contribution is -0.138. The zero-order valence-corrected chi connectivity index (χ0v) is 11.0. The zero-order valence-electron chi connectivity index (χ0n) is 11.0. The van der Waals surface area contributed by atoms with Crippen molar-refractivity contribution in [3.63, 3.8) is 0 Å². The van der Waals surface area contributed by atoms with Crippen LogP contribution in [-0.4, -0.2) is 22.1 Å². The Labute approximate surface area is 112 Å². The molecule has 100 valence electrons. The van der Waals surface area contributed by atoms with Crippen molar-refractivity contribution in [1.29, 1.82) is 0 Å². The van der Waals surface area contributed by atoms with E-state index in [1.165, 1.54) is 0 Å². The van der Waals surface area contributed by atoms with E-state index in [1.54, 1.807) is 0 Å².